The van der Waals surface area contributed by atoms with Crippen molar-refractivity contribution in [1.82, 2.24) is 4.98 Å². The van der Waals surface area contributed by atoms with Gasteiger partial charge in [0.25, 0.3) is 0 Å². The smallest absolute Gasteiger partial charge is 0.227 e. The number of hydrogen-bond acceptors (Lipinski definition) is 4. The molecule has 0 unspecified atom stereocenters. The first kappa shape index (κ1) is 29.4. The fraction of sp³-hybridized carbons (Fsp3) is 0. The van der Waals surface area contributed by atoms with E-state index in [4.69, 9.17) is 9.40 Å². The maximum absolute atomic E-state index is 6.48. The van der Waals surface area contributed by atoms with Crippen LogP contribution in [0.25, 0.3) is 75.8 Å². The van der Waals surface area contributed by atoms with Gasteiger partial charge in [-0.15, -0.1) is 11.3 Å². The molecule has 3 nitrogen and oxygen atoms in total. The van der Waals surface area contributed by atoms with Gasteiger partial charge < -0.3 is 9.32 Å². The summed E-state index contributed by atoms with van der Waals surface area (Å²) in [6.45, 7) is 0. The number of nitrogens with zero attached hydrogens (tertiary/aromatic N) is 2. The molecule has 0 aliphatic heterocycles. The molecule has 0 spiro atoms. The van der Waals surface area contributed by atoms with E-state index in [1.807, 2.05) is 41.7 Å². The second-order valence-corrected chi connectivity index (χ2v) is 13.8. The average molecular weight is 671 g/mol. The highest BCUT2D eigenvalue weighted by Gasteiger charge is 2.20. The summed E-state index contributed by atoms with van der Waals surface area (Å²) in [5, 5.41) is 4.78. The van der Waals surface area contributed by atoms with Gasteiger partial charge in [-0.2, -0.15) is 0 Å². The van der Waals surface area contributed by atoms with Crippen molar-refractivity contribution >= 4 is 70.4 Å². The van der Waals surface area contributed by atoms with Crippen molar-refractivity contribution in [1.29, 1.82) is 0 Å². The normalized spacial score (nSPS) is 11.5. The van der Waals surface area contributed by atoms with Crippen molar-refractivity contribution in [3.63, 3.8) is 0 Å². The second-order valence-electron chi connectivity index (χ2n) is 12.8. The minimum Gasteiger partial charge on any atom is -0.436 e. The SMILES string of the molecule is c1ccc(-c2ccc(N(c3ccc(-c4cc5oc(-c6ccccc6)nc5c5c4sc4ccccc45)cc3)c3ccc4ccccc4c3)cc2)cc1. The molecule has 0 atom stereocenters. The van der Waals surface area contributed by atoms with Crippen LogP contribution in [0.5, 0.6) is 0 Å². The van der Waals surface area contributed by atoms with Crippen LogP contribution in [0.1, 0.15) is 0 Å². The van der Waals surface area contributed by atoms with Crippen molar-refractivity contribution in [2.45, 2.75) is 0 Å². The molecule has 0 radical (unpaired) electrons. The molecule has 0 saturated carbocycles. The third kappa shape index (κ3) is 5.16. The molecule has 51 heavy (non-hydrogen) atoms. The van der Waals surface area contributed by atoms with Gasteiger partial charge in [-0.05, 0) is 88.1 Å². The highest BCUT2D eigenvalue weighted by atomic mass is 32.1. The molecule has 10 aromatic rings. The molecule has 10 rings (SSSR count). The quantitative estimate of drug-likeness (QED) is 0.176. The minimum atomic E-state index is 0.638. The van der Waals surface area contributed by atoms with Gasteiger partial charge in [-0.1, -0.05) is 121 Å². The molecule has 0 bridgehead atoms. The van der Waals surface area contributed by atoms with E-state index < -0.39 is 0 Å². The zero-order valence-electron chi connectivity index (χ0n) is 27.5. The van der Waals surface area contributed by atoms with Crippen molar-refractivity contribution in [3.8, 4) is 33.7 Å². The topological polar surface area (TPSA) is 29.3 Å². The van der Waals surface area contributed by atoms with E-state index in [-0.39, 0.29) is 0 Å². The molecular weight excluding hydrogens is 641 g/mol. The number of thiophene rings is 1. The molecule has 0 N–H and O–H groups in total. The highest BCUT2D eigenvalue weighted by molar-refractivity contribution is 7.26. The third-order valence-corrected chi connectivity index (χ3v) is 10.9. The van der Waals surface area contributed by atoms with Crippen molar-refractivity contribution in [2.75, 3.05) is 4.90 Å². The van der Waals surface area contributed by atoms with Crippen LogP contribution in [0.15, 0.2) is 186 Å². The standard InChI is InChI=1S/C47H30N2OS/c1-3-11-31(12-4-1)33-19-24-37(25-20-33)49(39-28-21-32-13-7-8-16-36(32)29-39)38-26-22-34(23-27-38)41-30-42-45(48-47(50-42)35-14-5-2-6-15-35)44-40-17-9-10-18-43(40)51-46(41)44/h1-30H. The molecule has 0 amide bonds. The van der Waals surface area contributed by atoms with Crippen LogP contribution in [0.3, 0.4) is 0 Å². The van der Waals surface area contributed by atoms with Crippen molar-refractivity contribution in [3.05, 3.63) is 182 Å². The van der Waals surface area contributed by atoms with E-state index in [9.17, 15) is 0 Å². The summed E-state index contributed by atoms with van der Waals surface area (Å²) in [5.41, 5.74) is 10.6. The Morgan fingerprint density at radius 1 is 0.471 bits per heavy atom. The minimum absolute atomic E-state index is 0.638. The number of aromatic nitrogens is 1. The Morgan fingerprint density at radius 2 is 1.06 bits per heavy atom. The average Bonchev–Trinajstić information content (AvgIpc) is 3.81. The molecule has 0 fully saturated rings. The zero-order chi connectivity index (χ0) is 33.7. The van der Waals surface area contributed by atoms with E-state index >= 15 is 0 Å². The first-order valence-electron chi connectivity index (χ1n) is 17.1. The second kappa shape index (κ2) is 12.1. The Morgan fingerprint density at radius 3 is 1.80 bits per heavy atom. The molecule has 2 heterocycles. The molecule has 8 aromatic carbocycles. The molecule has 0 aliphatic carbocycles. The van der Waals surface area contributed by atoms with Gasteiger partial charge in [-0.25, -0.2) is 4.98 Å². The Kier molecular flexibility index (Phi) is 7.00. The summed E-state index contributed by atoms with van der Waals surface area (Å²) in [6, 6.07) is 64.5. The van der Waals surface area contributed by atoms with Crippen LogP contribution < -0.4 is 4.90 Å². The molecule has 240 valence electrons. The molecule has 0 aliphatic rings. The van der Waals surface area contributed by atoms with E-state index in [0.717, 1.165) is 50.2 Å². The molecule has 2 aromatic heterocycles. The Labute approximate surface area is 299 Å². The summed E-state index contributed by atoms with van der Waals surface area (Å²) in [4.78, 5) is 7.39. The predicted molar refractivity (Wildman–Crippen MR) is 215 cm³/mol. The number of hydrogen-bond donors (Lipinski definition) is 0. The van der Waals surface area contributed by atoms with Gasteiger partial charge in [0.15, 0.2) is 5.58 Å². The van der Waals surface area contributed by atoms with E-state index in [1.54, 1.807) is 0 Å². The monoisotopic (exact) mass is 670 g/mol. The van der Waals surface area contributed by atoms with Gasteiger partial charge in [-0.3, -0.25) is 0 Å². The zero-order valence-corrected chi connectivity index (χ0v) is 28.3. The number of fused-ring (bicyclic) bond motifs is 6. The highest BCUT2D eigenvalue weighted by Crippen LogP contribution is 2.46. The van der Waals surface area contributed by atoms with Crippen LogP contribution in [-0.2, 0) is 0 Å². The number of oxazole rings is 1. The van der Waals surface area contributed by atoms with Gasteiger partial charge in [0.2, 0.25) is 5.89 Å². The fourth-order valence-electron chi connectivity index (χ4n) is 7.18. The summed E-state index contributed by atoms with van der Waals surface area (Å²) < 4.78 is 8.94. The molecule has 0 saturated heterocycles. The Bertz CT molecular complexity index is 2840. The maximum atomic E-state index is 6.48. The van der Waals surface area contributed by atoms with Crippen LogP contribution in [-0.4, -0.2) is 4.98 Å². The number of anilines is 3. The van der Waals surface area contributed by atoms with E-state index in [0.29, 0.717) is 5.89 Å². The third-order valence-electron chi connectivity index (χ3n) is 9.69. The summed E-state index contributed by atoms with van der Waals surface area (Å²) in [5.74, 6) is 0.638. The fourth-order valence-corrected chi connectivity index (χ4v) is 8.42. The number of benzene rings is 8. The lowest BCUT2D eigenvalue weighted by molar-refractivity contribution is 0.620. The van der Waals surface area contributed by atoms with Gasteiger partial charge in [0.05, 0.1) is 0 Å². The van der Waals surface area contributed by atoms with E-state index in [2.05, 4.69) is 157 Å². The molecular formula is C47H30N2OS. The Balaban J connectivity index is 1.11. The van der Waals surface area contributed by atoms with Crippen LogP contribution in [0.2, 0.25) is 0 Å². The lowest BCUT2D eigenvalue weighted by Crippen LogP contribution is -2.09. The summed E-state index contributed by atoms with van der Waals surface area (Å²) in [7, 11) is 0. The summed E-state index contributed by atoms with van der Waals surface area (Å²) >= 11 is 1.82. The lowest BCUT2D eigenvalue weighted by Gasteiger charge is -2.26. The predicted octanol–water partition coefficient (Wildman–Crippen LogP) is 13.8. The van der Waals surface area contributed by atoms with Gasteiger partial charge >= 0.3 is 0 Å². The van der Waals surface area contributed by atoms with E-state index in [1.165, 1.54) is 36.7 Å². The largest absolute Gasteiger partial charge is 0.436 e. The van der Waals surface area contributed by atoms with Crippen LogP contribution >= 0.6 is 11.3 Å². The van der Waals surface area contributed by atoms with Gasteiger partial charge in [0.1, 0.15) is 5.52 Å². The lowest BCUT2D eigenvalue weighted by atomic mass is 10.0. The van der Waals surface area contributed by atoms with Gasteiger partial charge in [0, 0.05) is 48.4 Å². The van der Waals surface area contributed by atoms with Crippen LogP contribution in [0, 0.1) is 0 Å². The Hall–Kier alpha value is -6.49. The van der Waals surface area contributed by atoms with Crippen molar-refractivity contribution in [2.24, 2.45) is 0 Å². The maximum Gasteiger partial charge on any atom is 0.227 e. The first-order chi connectivity index (χ1) is 25.3. The van der Waals surface area contributed by atoms with Crippen molar-refractivity contribution < 1.29 is 4.42 Å². The summed E-state index contributed by atoms with van der Waals surface area (Å²) in [6.07, 6.45) is 0. The molecule has 4 heteroatoms. The van der Waals surface area contributed by atoms with Crippen LogP contribution in [0.4, 0.5) is 17.1 Å². The number of rotatable bonds is 6. The first-order valence-corrected chi connectivity index (χ1v) is 17.9.